The van der Waals surface area contributed by atoms with Crippen molar-refractivity contribution in [3.63, 3.8) is 0 Å². The van der Waals surface area contributed by atoms with E-state index in [9.17, 15) is 28.7 Å². The van der Waals surface area contributed by atoms with E-state index in [2.05, 4.69) is 14.7 Å². The molecule has 0 saturated heterocycles. The zero-order valence-electron chi connectivity index (χ0n) is 18.2. The molecule has 2 aromatic rings. The number of aliphatic hydroxyl groups is 3. The van der Waals surface area contributed by atoms with Gasteiger partial charge in [0.15, 0.2) is 19.9 Å². The topological polar surface area (TPSA) is 158 Å². The summed E-state index contributed by atoms with van der Waals surface area (Å²) < 4.78 is 30.3. The third-order valence-corrected chi connectivity index (χ3v) is 8.90. The number of nitrogens with one attached hydrogen (secondary N) is 1. The van der Waals surface area contributed by atoms with E-state index in [0.717, 1.165) is 23.7 Å². The molecule has 6 N–H and O–H groups in total. The molecule has 2 amide bonds. The number of amides is 2. The second-order valence-electron chi connectivity index (χ2n) is 8.69. The van der Waals surface area contributed by atoms with Gasteiger partial charge in [0.2, 0.25) is 0 Å². The number of hydrogen-bond donors (Lipinski definition) is 5. The van der Waals surface area contributed by atoms with E-state index in [1.54, 1.807) is 6.92 Å². The summed E-state index contributed by atoms with van der Waals surface area (Å²) >= 11 is 0.567. The molecule has 0 aromatic carbocycles. The second kappa shape index (κ2) is 8.43. The van der Waals surface area contributed by atoms with Crippen LogP contribution in [0.1, 0.15) is 54.6 Å². The Balaban J connectivity index is 2.01. The number of aliphatic hydroxyl groups excluding tert-OH is 2. The van der Waals surface area contributed by atoms with Crippen molar-refractivity contribution in [3.8, 4) is 0 Å². The van der Waals surface area contributed by atoms with Crippen LogP contribution in [0.2, 0.25) is 0 Å². The van der Waals surface area contributed by atoms with Crippen molar-refractivity contribution in [3.05, 3.63) is 39.3 Å². The molecule has 9 nitrogen and oxygen atoms in total. The molecule has 0 radical (unpaired) electrons. The van der Waals surface area contributed by atoms with Gasteiger partial charge in [0.25, 0.3) is 0 Å². The van der Waals surface area contributed by atoms with Gasteiger partial charge in [0, 0.05) is 21.5 Å². The Kier molecular flexibility index (Phi) is 6.50. The number of hydrogen-bond acceptors (Lipinski definition) is 7. The summed E-state index contributed by atoms with van der Waals surface area (Å²) in [5.41, 5.74) is 0.894. The summed E-state index contributed by atoms with van der Waals surface area (Å²) in [6, 6.07) is -0.158. The van der Waals surface area contributed by atoms with Crippen LogP contribution < -0.4 is 10.5 Å². The van der Waals surface area contributed by atoms with E-state index >= 15 is 0 Å². The number of rotatable bonds is 5. The number of anilines is 1. The van der Waals surface area contributed by atoms with E-state index in [0.29, 0.717) is 34.7 Å². The number of carbonyl (C=O) groups excluding carboxylic acids is 1. The van der Waals surface area contributed by atoms with Gasteiger partial charge in [-0.1, -0.05) is 13.8 Å². The Morgan fingerprint density at radius 2 is 2.12 bits per heavy atom. The highest BCUT2D eigenvalue weighted by molar-refractivity contribution is 7.93. The normalized spacial score (nSPS) is 18.5. The minimum absolute atomic E-state index is 0.00587. The summed E-state index contributed by atoms with van der Waals surface area (Å²) in [6.07, 6.45) is 1.42. The fourth-order valence-electron chi connectivity index (χ4n) is 3.68. The highest BCUT2D eigenvalue weighted by atomic mass is 32.2. The number of aryl methyl sites for hydroxylation is 1. The molecule has 0 bridgehead atoms. The molecular formula is C20H27FN4O5S2. The number of urea groups is 1. The molecule has 32 heavy (non-hydrogen) atoms. The summed E-state index contributed by atoms with van der Waals surface area (Å²) in [5, 5.41) is 37.5. The van der Waals surface area contributed by atoms with Crippen molar-refractivity contribution in [2.24, 2.45) is 9.50 Å². The van der Waals surface area contributed by atoms with E-state index in [1.807, 2.05) is 13.8 Å². The minimum Gasteiger partial charge on any atom is -0.393 e. The van der Waals surface area contributed by atoms with Crippen LogP contribution in [-0.4, -0.2) is 37.2 Å². The fraction of sp³-hybridized carbons (Fsp3) is 0.500. The van der Waals surface area contributed by atoms with Crippen LogP contribution in [-0.2, 0) is 34.0 Å². The van der Waals surface area contributed by atoms with Crippen LogP contribution in [0.4, 0.5) is 14.9 Å². The highest BCUT2D eigenvalue weighted by Gasteiger charge is 2.35. The van der Waals surface area contributed by atoms with Gasteiger partial charge in [-0.2, -0.15) is 0 Å². The predicted octanol–water partition coefficient (Wildman–Crippen LogP) is 2.44. The van der Waals surface area contributed by atoms with Gasteiger partial charge in [0.1, 0.15) is 5.60 Å². The first-order valence-electron chi connectivity index (χ1n) is 9.86. The third-order valence-electron chi connectivity index (χ3n) is 5.62. The molecule has 2 atom stereocenters. The molecule has 3 rings (SSSR count). The smallest absolute Gasteiger partial charge is 0.354 e. The number of carbonyl (C=O) groups is 1. The van der Waals surface area contributed by atoms with Crippen molar-refractivity contribution in [2.45, 2.75) is 62.4 Å². The molecule has 2 heterocycles. The predicted molar refractivity (Wildman–Crippen MR) is 119 cm³/mol. The standard InChI is InChI=1S/C20H27FN4O5S2/c1-10-12(8-26)15(11-5-6-19(2,3)16(11)23-10)24-18(28)25-32(22,30)17-13(21)7-14(31-17)20(4,29)9-27/h7,26-27,29H,5-6,8-9H2,1-4H3,(H3,22,23,24,25,28,30). The second-order valence-corrected chi connectivity index (χ2v) is 11.7. The molecule has 1 aliphatic carbocycles. The van der Waals surface area contributed by atoms with Gasteiger partial charge >= 0.3 is 6.03 Å². The van der Waals surface area contributed by atoms with E-state index in [4.69, 9.17) is 5.14 Å². The maximum Gasteiger partial charge on any atom is 0.354 e. The maximum absolute atomic E-state index is 14.4. The zero-order chi connectivity index (χ0) is 24.1. The lowest BCUT2D eigenvalue weighted by molar-refractivity contribution is 0.000654. The van der Waals surface area contributed by atoms with Gasteiger partial charge in [-0.05, 0) is 38.3 Å². The van der Waals surface area contributed by atoms with Gasteiger partial charge in [-0.15, -0.1) is 15.7 Å². The number of aromatic nitrogens is 1. The van der Waals surface area contributed by atoms with E-state index < -0.39 is 38.2 Å². The van der Waals surface area contributed by atoms with Crippen molar-refractivity contribution >= 4 is 33.0 Å². The zero-order valence-corrected chi connectivity index (χ0v) is 19.9. The Bertz CT molecular complexity index is 1200. The first-order chi connectivity index (χ1) is 14.7. The lowest BCUT2D eigenvalue weighted by Gasteiger charge is -2.21. The van der Waals surface area contributed by atoms with Crippen LogP contribution >= 0.6 is 11.3 Å². The van der Waals surface area contributed by atoms with Crippen molar-refractivity contribution in [1.82, 2.24) is 4.98 Å². The summed E-state index contributed by atoms with van der Waals surface area (Å²) in [7, 11) is -3.99. The van der Waals surface area contributed by atoms with Gasteiger partial charge in [-0.25, -0.2) is 18.5 Å². The molecule has 0 saturated carbocycles. The molecule has 2 unspecified atom stereocenters. The SMILES string of the molecule is Cc1nc2c(c(NC(=O)N=S(N)(=O)c3sc(C(C)(O)CO)cc3F)c1CO)CCC2(C)C. The molecule has 0 spiro atoms. The van der Waals surface area contributed by atoms with Crippen LogP contribution in [0.25, 0.3) is 0 Å². The molecule has 0 fully saturated rings. The van der Waals surface area contributed by atoms with E-state index in [-0.39, 0.29) is 16.9 Å². The third kappa shape index (κ3) is 4.43. The number of nitrogens with zero attached hydrogens (tertiary/aromatic N) is 2. The van der Waals surface area contributed by atoms with Crippen LogP contribution in [0, 0.1) is 12.7 Å². The number of fused-ring (bicyclic) bond motifs is 1. The van der Waals surface area contributed by atoms with Gasteiger partial charge < -0.3 is 20.6 Å². The lowest BCUT2D eigenvalue weighted by Crippen LogP contribution is -2.24. The Morgan fingerprint density at radius 1 is 1.47 bits per heavy atom. The number of halogens is 1. The van der Waals surface area contributed by atoms with Crippen molar-refractivity contribution < 1.29 is 28.7 Å². The van der Waals surface area contributed by atoms with Crippen molar-refractivity contribution in [1.29, 1.82) is 0 Å². The van der Waals surface area contributed by atoms with Crippen LogP contribution in [0.5, 0.6) is 0 Å². The first-order valence-corrected chi connectivity index (χ1v) is 12.3. The fourth-order valence-corrected chi connectivity index (χ4v) is 6.05. The maximum atomic E-state index is 14.4. The monoisotopic (exact) mass is 486 g/mol. The van der Waals surface area contributed by atoms with Crippen LogP contribution in [0.15, 0.2) is 14.6 Å². The summed E-state index contributed by atoms with van der Waals surface area (Å²) in [5.74, 6) is -0.999. The van der Waals surface area contributed by atoms with Crippen molar-refractivity contribution in [2.75, 3.05) is 11.9 Å². The lowest BCUT2D eigenvalue weighted by atomic mass is 9.90. The van der Waals surface area contributed by atoms with Gasteiger partial charge in [0.05, 0.1) is 24.6 Å². The molecule has 176 valence electrons. The molecular weight excluding hydrogens is 459 g/mol. The quantitative estimate of drug-likeness (QED) is 0.437. The average Bonchev–Trinajstić information content (AvgIpc) is 3.22. The Morgan fingerprint density at radius 3 is 2.72 bits per heavy atom. The number of pyridine rings is 1. The Hall–Kier alpha value is -1.96. The molecule has 12 heteroatoms. The largest absolute Gasteiger partial charge is 0.393 e. The first kappa shape index (κ1) is 24.7. The highest BCUT2D eigenvalue weighted by Crippen LogP contribution is 2.42. The summed E-state index contributed by atoms with van der Waals surface area (Å²) in [4.78, 5) is 17.3. The Labute approximate surface area is 189 Å². The molecule has 0 aliphatic heterocycles. The molecule has 1 aliphatic rings. The van der Waals surface area contributed by atoms with Gasteiger partial charge in [-0.3, -0.25) is 4.98 Å². The molecule has 2 aromatic heterocycles. The summed E-state index contributed by atoms with van der Waals surface area (Å²) in [6.45, 7) is 5.97. The van der Waals surface area contributed by atoms with E-state index in [1.165, 1.54) is 6.92 Å². The number of nitrogens with two attached hydrogens (primary N) is 1. The number of thiophene rings is 1. The van der Waals surface area contributed by atoms with Crippen LogP contribution in [0.3, 0.4) is 0 Å². The minimum atomic E-state index is -3.99. The average molecular weight is 487 g/mol.